The van der Waals surface area contributed by atoms with Crippen LogP contribution in [0.4, 0.5) is 0 Å². The average molecular weight is 540 g/mol. The second-order valence-corrected chi connectivity index (χ2v) is 11.8. The minimum Gasteiger partial charge on any atom is -0.459 e. The molecule has 0 saturated carbocycles. The van der Waals surface area contributed by atoms with E-state index in [4.69, 9.17) is 9.47 Å². The summed E-state index contributed by atoms with van der Waals surface area (Å²) in [5, 5.41) is 2.30. The lowest BCUT2D eigenvalue weighted by molar-refractivity contribution is 0.473. The fraction of sp³-hybridized carbons (Fsp3) is 0.105. The molecule has 2 nitrogen and oxygen atoms in total. The van der Waals surface area contributed by atoms with Crippen LogP contribution in [0.15, 0.2) is 109 Å². The van der Waals surface area contributed by atoms with Gasteiger partial charge in [-0.25, -0.2) is 0 Å². The number of hydrogen-bond acceptors (Lipinski definition) is 2. The van der Waals surface area contributed by atoms with E-state index < -0.39 is 0 Å². The van der Waals surface area contributed by atoms with Crippen LogP contribution in [-0.2, 0) is 0 Å². The van der Waals surface area contributed by atoms with Crippen LogP contribution >= 0.6 is 0 Å². The molecule has 0 bridgehead atoms. The van der Waals surface area contributed by atoms with Gasteiger partial charge in [0, 0.05) is 10.8 Å². The van der Waals surface area contributed by atoms with E-state index in [2.05, 4.69) is 137 Å². The van der Waals surface area contributed by atoms with E-state index in [-0.39, 0.29) is 13.4 Å². The molecular formula is C38H30B2O2. The molecule has 6 aromatic carbocycles. The molecule has 2 aliphatic heterocycles. The molecule has 6 aromatic rings. The Labute approximate surface area is 248 Å². The molecule has 0 aliphatic carbocycles. The van der Waals surface area contributed by atoms with Crippen LogP contribution in [0.1, 0.15) is 22.3 Å². The molecule has 0 atom stereocenters. The summed E-state index contributed by atoms with van der Waals surface area (Å²) in [6.07, 6.45) is 0. The van der Waals surface area contributed by atoms with E-state index in [0.717, 1.165) is 33.8 Å². The van der Waals surface area contributed by atoms with Crippen molar-refractivity contribution < 1.29 is 9.47 Å². The Kier molecular flexibility index (Phi) is 5.62. The standard InChI is InChI=1S/C38H30B2O2/c1-23-13-11-14-24(2)33(23)39-29-19-7-10-22-32(29)42-38-35(39)27-17-5-6-18-28(27)37-36(38)40(30-20-8-9-21-31(30)41-37)34-25(3)15-12-16-26(34)4/h5-22H,1-4H3. The van der Waals surface area contributed by atoms with Crippen molar-refractivity contribution in [2.45, 2.75) is 27.7 Å². The normalized spacial score (nSPS) is 13.0. The Morgan fingerprint density at radius 1 is 0.381 bits per heavy atom. The molecule has 2 heterocycles. The molecule has 0 amide bonds. The van der Waals surface area contributed by atoms with Crippen molar-refractivity contribution in [2.24, 2.45) is 0 Å². The third kappa shape index (κ3) is 3.54. The quantitative estimate of drug-likeness (QED) is 0.277. The third-order valence-corrected chi connectivity index (χ3v) is 9.32. The molecule has 42 heavy (non-hydrogen) atoms. The van der Waals surface area contributed by atoms with Gasteiger partial charge < -0.3 is 9.47 Å². The van der Waals surface area contributed by atoms with Crippen molar-refractivity contribution in [3.63, 3.8) is 0 Å². The highest BCUT2D eigenvalue weighted by molar-refractivity contribution is 7.02. The SMILES string of the molecule is Cc1cccc(C)c1B1c2ccccc2Oc2c1c1c(c3ccccc23)B(c2c(C)cccc2C)c2ccccc2O1. The van der Waals surface area contributed by atoms with Crippen LogP contribution in [0.25, 0.3) is 10.8 Å². The number of rotatable bonds is 2. The lowest BCUT2D eigenvalue weighted by Crippen LogP contribution is -2.62. The summed E-state index contributed by atoms with van der Waals surface area (Å²) < 4.78 is 14.0. The van der Waals surface area contributed by atoms with Crippen molar-refractivity contribution in [1.82, 2.24) is 0 Å². The molecule has 0 aromatic heterocycles. The van der Waals surface area contributed by atoms with Gasteiger partial charge in [-0.3, -0.25) is 0 Å². The van der Waals surface area contributed by atoms with Crippen molar-refractivity contribution in [2.75, 3.05) is 0 Å². The van der Waals surface area contributed by atoms with Crippen LogP contribution in [-0.4, -0.2) is 13.4 Å². The maximum absolute atomic E-state index is 7.08. The lowest BCUT2D eigenvalue weighted by atomic mass is 9.30. The summed E-state index contributed by atoms with van der Waals surface area (Å²) in [5.74, 6) is 3.65. The molecule has 4 heteroatoms. The van der Waals surface area contributed by atoms with E-state index in [1.165, 1.54) is 55.0 Å². The fourth-order valence-electron chi connectivity index (χ4n) is 7.52. The minimum atomic E-state index is -0.0339. The molecule has 2 aliphatic rings. The van der Waals surface area contributed by atoms with Crippen LogP contribution in [0.5, 0.6) is 23.0 Å². The summed E-state index contributed by atoms with van der Waals surface area (Å²) in [6.45, 7) is 8.91. The van der Waals surface area contributed by atoms with Gasteiger partial charge in [0.25, 0.3) is 13.4 Å². The first-order valence-corrected chi connectivity index (χ1v) is 14.8. The summed E-state index contributed by atoms with van der Waals surface area (Å²) in [6, 6.07) is 39.0. The number of para-hydroxylation sites is 2. The Hall–Kier alpha value is -4.69. The second-order valence-electron chi connectivity index (χ2n) is 11.8. The van der Waals surface area contributed by atoms with Crippen LogP contribution in [0.2, 0.25) is 0 Å². The van der Waals surface area contributed by atoms with E-state index in [0.29, 0.717) is 0 Å². The third-order valence-electron chi connectivity index (χ3n) is 9.32. The number of hydrogen-bond donors (Lipinski definition) is 0. The molecule has 200 valence electrons. The molecule has 0 unspecified atom stereocenters. The highest BCUT2D eigenvalue weighted by Crippen LogP contribution is 2.38. The van der Waals surface area contributed by atoms with Gasteiger partial charge in [-0.2, -0.15) is 0 Å². The van der Waals surface area contributed by atoms with Gasteiger partial charge in [0.1, 0.15) is 23.0 Å². The Bertz CT molecular complexity index is 2020. The van der Waals surface area contributed by atoms with Crippen molar-refractivity contribution in [3.8, 4) is 23.0 Å². The molecule has 0 fully saturated rings. The van der Waals surface area contributed by atoms with Crippen LogP contribution in [0, 0.1) is 27.7 Å². The number of ether oxygens (including phenoxy) is 2. The molecular weight excluding hydrogens is 510 g/mol. The summed E-state index contributed by atoms with van der Waals surface area (Å²) >= 11 is 0. The first-order valence-electron chi connectivity index (χ1n) is 14.8. The summed E-state index contributed by atoms with van der Waals surface area (Å²) in [4.78, 5) is 0. The van der Waals surface area contributed by atoms with Crippen LogP contribution in [0.3, 0.4) is 0 Å². The molecule has 8 rings (SSSR count). The predicted molar refractivity (Wildman–Crippen MR) is 178 cm³/mol. The van der Waals surface area contributed by atoms with Crippen molar-refractivity contribution >= 4 is 57.0 Å². The van der Waals surface area contributed by atoms with E-state index in [1.807, 2.05) is 0 Å². The smallest absolute Gasteiger partial charge is 0.256 e. The second kappa shape index (κ2) is 9.42. The highest BCUT2D eigenvalue weighted by atomic mass is 16.5. The van der Waals surface area contributed by atoms with Crippen molar-refractivity contribution in [3.05, 3.63) is 131 Å². The maximum atomic E-state index is 7.08. The zero-order chi connectivity index (χ0) is 28.5. The van der Waals surface area contributed by atoms with Crippen LogP contribution < -0.4 is 42.3 Å². The van der Waals surface area contributed by atoms with Gasteiger partial charge in [0.05, 0.1) is 0 Å². The topological polar surface area (TPSA) is 18.5 Å². The first-order chi connectivity index (χ1) is 20.5. The Morgan fingerprint density at radius 2 is 0.810 bits per heavy atom. The van der Waals surface area contributed by atoms with Gasteiger partial charge in [0.15, 0.2) is 0 Å². The van der Waals surface area contributed by atoms with Gasteiger partial charge in [-0.1, -0.05) is 130 Å². The summed E-state index contributed by atoms with van der Waals surface area (Å²) in [5.41, 5.74) is 12.5. The van der Waals surface area contributed by atoms with Gasteiger partial charge in [-0.05, 0) is 61.6 Å². The first kappa shape index (κ1) is 25.1. The molecule has 0 saturated heterocycles. The van der Waals surface area contributed by atoms with Gasteiger partial charge in [0.2, 0.25) is 0 Å². The molecule has 0 spiro atoms. The van der Waals surface area contributed by atoms with Crippen molar-refractivity contribution in [1.29, 1.82) is 0 Å². The zero-order valence-corrected chi connectivity index (χ0v) is 24.4. The monoisotopic (exact) mass is 540 g/mol. The Morgan fingerprint density at radius 3 is 1.36 bits per heavy atom. The minimum absolute atomic E-state index is 0.0251. The lowest BCUT2D eigenvalue weighted by Gasteiger charge is -2.36. The molecule has 0 radical (unpaired) electrons. The van der Waals surface area contributed by atoms with E-state index >= 15 is 0 Å². The highest BCUT2D eigenvalue weighted by Gasteiger charge is 2.44. The number of fused-ring (bicyclic) bond motifs is 8. The largest absolute Gasteiger partial charge is 0.459 e. The zero-order valence-electron chi connectivity index (χ0n) is 24.4. The summed E-state index contributed by atoms with van der Waals surface area (Å²) in [7, 11) is 0. The Balaban J connectivity index is 1.56. The molecule has 0 N–H and O–H groups in total. The predicted octanol–water partition coefficient (Wildman–Crippen LogP) is 5.32. The van der Waals surface area contributed by atoms with E-state index in [1.54, 1.807) is 0 Å². The van der Waals surface area contributed by atoms with Gasteiger partial charge in [-0.15, -0.1) is 0 Å². The van der Waals surface area contributed by atoms with Gasteiger partial charge >= 0.3 is 0 Å². The fourth-order valence-corrected chi connectivity index (χ4v) is 7.52. The maximum Gasteiger partial charge on any atom is 0.256 e. The number of benzene rings is 6. The number of aryl methyl sites for hydroxylation is 4. The average Bonchev–Trinajstić information content (AvgIpc) is 3.00. The van der Waals surface area contributed by atoms with E-state index in [9.17, 15) is 0 Å².